The van der Waals surface area contributed by atoms with E-state index in [0.29, 0.717) is 22.6 Å². The van der Waals surface area contributed by atoms with Gasteiger partial charge in [0.25, 0.3) is 11.8 Å². The molecule has 3 aromatic carbocycles. The molecule has 0 unspecified atom stereocenters. The average molecular weight is 429 g/mol. The highest BCUT2D eigenvalue weighted by atomic mass is 16.7. The third kappa shape index (κ3) is 4.76. The topological polar surface area (TPSA) is 117 Å². The van der Waals surface area contributed by atoms with Crippen molar-refractivity contribution < 1.29 is 29.0 Å². The molecule has 2 N–H and O–H groups in total. The molecular formula is C24H17N2O6-. The van der Waals surface area contributed by atoms with E-state index in [1.165, 1.54) is 30.3 Å². The molecule has 0 radical (unpaired) electrons. The molecule has 4 rings (SSSR count). The summed E-state index contributed by atoms with van der Waals surface area (Å²) in [5, 5.41) is 16.3. The first kappa shape index (κ1) is 20.7. The summed E-state index contributed by atoms with van der Waals surface area (Å²) < 4.78 is 10.7. The highest BCUT2D eigenvalue weighted by Crippen LogP contribution is 2.33. The largest absolute Gasteiger partial charge is 0.545 e. The van der Waals surface area contributed by atoms with Gasteiger partial charge in [-0.25, -0.2) is 0 Å². The Kier molecular flexibility index (Phi) is 5.85. The second-order valence-corrected chi connectivity index (χ2v) is 6.81. The van der Waals surface area contributed by atoms with Crippen LogP contribution in [0.3, 0.4) is 0 Å². The predicted octanol–water partition coefficient (Wildman–Crippen LogP) is 2.19. The summed E-state index contributed by atoms with van der Waals surface area (Å²) in [6.45, 7) is 0.107. The summed E-state index contributed by atoms with van der Waals surface area (Å²) in [5.74, 6) is -1.37. The smallest absolute Gasteiger partial charge is 0.272 e. The lowest BCUT2D eigenvalue weighted by molar-refractivity contribution is -0.255. The van der Waals surface area contributed by atoms with Crippen LogP contribution in [0.5, 0.6) is 11.5 Å². The van der Waals surface area contributed by atoms with Crippen LogP contribution in [0.4, 0.5) is 5.69 Å². The molecule has 0 atom stereocenters. The third-order valence-corrected chi connectivity index (χ3v) is 4.59. The number of carbonyl (C=O) groups is 3. The molecule has 0 aliphatic carbocycles. The highest BCUT2D eigenvalue weighted by Gasteiger charge is 2.17. The van der Waals surface area contributed by atoms with Crippen molar-refractivity contribution in [3.8, 4) is 11.5 Å². The van der Waals surface area contributed by atoms with E-state index in [1.54, 1.807) is 48.5 Å². The molecule has 2 amide bonds. The third-order valence-electron chi connectivity index (χ3n) is 4.59. The monoisotopic (exact) mass is 429 g/mol. The quantitative estimate of drug-likeness (QED) is 0.580. The van der Waals surface area contributed by atoms with Gasteiger partial charge in [0.1, 0.15) is 5.70 Å². The van der Waals surface area contributed by atoms with Crippen LogP contribution >= 0.6 is 0 Å². The van der Waals surface area contributed by atoms with Crippen LogP contribution in [0, 0.1) is 0 Å². The lowest BCUT2D eigenvalue weighted by atomic mass is 10.1. The molecule has 3 aromatic rings. The fraction of sp³-hybridized carbons (Fsp3) is 0.0417. The Bertz CT molecular complexity index is 1220. The van der Waals surface area contributed by atoms with Crippen LogP contribution in [-0.4, -0.2) is 24.6 Å². The Morgan fingerprint density at radius 2 is 1.59 bits per heavy atom. The van der Waals surface area contributed by atoms with Crippen molar-refractivity contribution in [1.82, 2.24) is 5.32 Å². The maximum atomic E-state index is 13.0. The number of carboxylic acid groups (broad SMARTS) is 1. The minimum atomic E-state index is -1.37. The zero-order valence-corrected chi connectivity index (χ0v) is 16.7. The summed E-state index contributed by atoms with van der Waals surface area (Å²) in [7, 11) is 0. The van der Waals surface area contributed by atoms with Crippen LogP contribution in [-0.2, 0) is 4.79 Å². The Morgan fingerprint density at radius 3 is 2.38 bits per heavy atom. The molecule has 160 valence electrons. The van der Waals surface area contributed by atoms with E-state index in [1.807, 2.05) is 0 Å². The number of nitrogens with one attached hydrogen (secondary N) is 2. The summed E-state index contributed by atoms with van der Waals surface area (Å²) in [6.07, 6.45) is 1.49. The van der Waals surface area contributed by atoms with Crippen LogP contribution in [0.2, 0.25) is 0 Å². The van der Waals surface area contributed by atoms with Crippen molar-refractivity contribution in [3.05, 3.63) is 95.2 Å². The van der Waals surface area contributed by atoms with Gasteiger partial charge >= 0.3 is 0 Å². The van der Waals surface area contributed by atoms with Gasteiger partial charge in [-0.05, 0) is 53.6 Å². The predicted molar refractivity (Wildman–Crippen MR) is 114 cm³/mol. The number of rotatable bonds is 6. The molecule has 8 heteroatoms. The SMILES string of the molecule is O=C(Nc1cccc(C(=O)[O-])c1)/C(=C\c1ccc2c(c1)OCO2)NC(=O)c1ccccc1. The number of amides is 2. The molecule has 0 saturated heterocycles. The Morgan fingerprint density at radius 1 is 0.844 bits per heavy atom. The number of ether oxygens (including phenoxy) is 2. The van der Waals surface area contributed by atoms with Crippen LogP contribution < -0.4 is 25.2 Å². The van der Waals surface area contributed by atoms with Crippen LogP contribution in [0.15, 0.2) is 78.5 Å². The first-order valence-electron chi connectivity index (χ1n) is 9.60. The van der Waals surface area contributed by atoms with E-state index in [-0.39, 0.29) is 23.7 Å². The molecule has 0 fully saturated rings. The maximum absolute atomic E-state index is 13.0. The van der Waals surface area contributed by atoms with Gasteiger partial charge in [-0.3, -0.25) is 9.59 Å². The Balaban J connectivity index is 1.63. The van der Waals surface area contributed by atoms with Crippen molar-refractivity contribution in [2.75, 3.05) is 12.1 Å². The lowest BCUT2D eigenvalue weighted by Crippen LogP contribution is -2.30. The van der Waals surface area contributed by atoms with Gasteiger partial charge in [0, 0.05) is 11.3 Å². The summed E-state index contributed by atoms with van der Waals surface area (Å²) in [5.41, 5.74) is 1.07. The summed E-state index contributed by atoms with van der Waals surface area (Å²) >= 11 is 0. The number of hydrogen-bond donors (Lipinski definition) is 2. The number of benzene rings is 3. The standard InChI is InChI=1S/C24H18N2O6/c27-22(16-5-2-1-3-6-16)26-19(11-15-9-10-20-21(12-15)32-14-31-20)23(28)25-18-8-4-7-17(13-18)24(29)30/h1-13H,14H2,(H,25,28)(H,26,27)(H,29,30)/p-1/b19-11+. The second kappa shape index (κ2) is 9.05. The van der Waals surface area contributed by atoms with E-state index in [0.717, 1.165) is 0 Å². The minimum absolute atomic E-state index is 0.0448. The first-order valence-corrected chi connectivity index (χ1v) is 9.60. The Labute approximate surface area is 183 Å². The Hall–Kier alpha value is -4.59. The normalized spacial score (nSPS) is 12.2. The van der Waals surface area contributed by atoms with E-state index >= 15 is 0 Å². The van der Waals surface area contributed by atoms with Crippen molar-refractivity contribution in [3.63, 3.8) is 0 Å². The van der Waals surface area contributed by atoms with Gasteiger partial charge in [-0.2, -0.15) is 0 Å². The number of carbonyl (C=O) groups excluding carboxylic acids is 3. The van der Waals surface area contributed by atoms with Crippen molar-refractivity contribution in [2.45, 2.75) is 0 Å². The summed E-state index contributed by atoms with van der Waals surface area (Å²) in [4.78, 5) is 36.8. The number of aromatic carboxylic acids is 1. The fourth-order valence-corrected chi connectivity index (χ4v) is 3.03. The minimum Gasteiger partial charge on any atom is -0.545 e. The van der Waals surface area contributed by atoms with Crippen molar-refractivity contribution in [2.24, 2.45) is 0 Å². The highest BCUT2D eigenvalue weighted by molar-refractivity contribution is 6.11. The van der Waals surface area contributed by atoms with E-state index in [2.05, 4.69) is 10.6 Å². The van der Waals surface area contributed by atoms with Crippen molar-refractivity contribution in [1.29, 1.82) is 0 Å². The van der Waals surface area contributed by atoms with Gasteiger partial charge in [-0.1, -0.05) is 36.4 Å². The number of anilines is 1. The molecule has 0 spiro atoms. The van der Waals surface area contributed by atoms with Gasteiger partial charge in [0.15, 0.2) is 11.5 Å². The molecule has 8 nitrogen and oxygen atoms in total. The molecule has 0 aromatic heterocycles. The maximum Gasteiger partial charge on any atom is 0.272 e. The number of carboxylic acids is 1. The molecule has 1 aliphatic heterocycles. The fourth-order valence-electron chi connectivity index (χ4n) is 3.03. The lowest BCUT2D eigenvalue weighted by Gasteiger charge is -2.12. The van der Waals surface area contributed by atoms with Gasteiger partial charge in [-0.15, -0.1) is 0 Å². The summed E-state index contributed by atoms with van der Waals surface area (Å²) in [6, 6.07) is 19.2. The molecule has 1 heterocycles. The molecule has 32 heavy (non-hydrogen) atoms. The van der Waals surface area contributed by atoms with Crippen LogP contribution in [0.25, 0.3) is 6.08 Å². The van der Waals surface area contributed by atoms with Crippen molar-refractivity contribution >= 4 is 29.5 Å². The van der Waals surface area contributed by atoms with E-state index in [9.17, 15) is 19.5 Å². The van der Waals surface area contributed by atoms with Gasteiger partial charge < -0.3 is 30.0 Å². The van der Waals surface area contributed by atoms with Gasteiger partial charge in [0.05, 0.1) is 5.97 Å². The zero-order valence-electron chi connectivity index (χ0n) is 16.7. The molecule has 0 saturated carbocycles. The van der Waals surface area contributed by atoms with E-state index in [4.69, 9.17) is 9.47 Å². The van der Waals surface area contributed by atoms with Gasteiger partial charge in [0.2, 0.25) is 6.79 Å². The molecular weight excluding hydrogens is 412 g/mol. The number of fused-ring (bicyclic) bond motifs is 1. The average Bonchev–Trinajstić information content (AvgIpc) is 3.27. The van der Waals surface area contributed by atoms with E-state index < -0.39 is 17.8 Å². The van der Waals surface area contributed by atoms with Crippen LogP contribution in [0.1, 0.15) is 26.3 Å². The number of hydrogen-bond acceptors (Lipinski definition) is 6. The second-order valence-electron chi connectivity index (χ2n) is 6.81. The zero-order chi connectivity index (χ0) is 22.5. The molecule has 1 aliphatic rings. The first-order chi connectivity index (χ1) is 15.5. The molecule has 0 bridgehead atoms.